The van der Waals surface area contributed by atoms with E-state index in [1.54, 1.807) is 12.1 Å². The summed E-state index contributed by atoms with van der Waals surface area (Å²) in [5, 5.41) is 3.45. The number of rotatable bonds is 7. The van der Waals surface area contributed by atoms with E-state index in [4.69, 9.17) is 4.74 Å². The summed E-state index contributed by atoms with van der Waals surface area (Å²) in [7, 11) is 6.23. The number of likely N-dealkylation sites (N-methyl/N-ethyl adjacent to an activating group) is 1. The third-order valence-corrected chi connectivity index (χ3v) is 5.85. The van der Waals surface area contributed by atoms with Crippen molar-refractivity contribution in [1.29, 1.82) is 0 Å². The van der Waals surface area contributed by atoms with Gasteiger partial charge < -0.3 is 24.8 Å². The van der Waals surface area contributed by atoms with Crippen molar-refractivity contribution in [2.45, 2.75) is 13.0 Å². The quantitative estimate of drug-likeness (QED) is 0.726. The molecule has 2 aliphatic rings. The van der Waals surface area contributed by atoms with Gasteiger partial charge in [0.25, 0.3) is 0 Å². The molecule has 0 amide bonds. The fourth-order valence-corrected chi connectivity index (χ4v) is 3.96. The van der Waals surface area contributed by atoms with Crippen molar-refractivity contribution in [3.63, 3.8) is 0 Å². The number of allylic oxidation sites excluding steroid dienone is 2. The molecule has 0 aliphatic carbocycles. The van der Waals surface area contributed by atoms with Crippen LogP contribution in [0, 0.1) is 5.82 Å². The van der Waals surface area contributed by atoms with Gasteiger partial charge in [0.1, 0.15) is 24.0 Å². The van der Waals surface area contributed by atoms with Crippen LogP contribution < -0.4 is 15.0 Å². The average Bonchev–Trinajstić information content (AvgIpc) is 2.93. The van der Waals surface area contributed by atoms with E-state index in [0.717, 1.165) is 61.1 Å². The summed E-state index contributed by atoms with van der Waals surface area (Å²) in [6.45, 7) is 3.98. The molecule has 0 saturated heterocycles. The third kappa shape index (κ3) is 5.02. The van der Waals surface area contributed by atoms with E-state index in [0.29, 0.717) is 6.61 Å². The highest BCUT2D eigenvalue weighted by molar-refractivity contribution is 5.72. The first-order valence-corrected chi connectivity index (χ1v) is 10.8. The van der Waals surface area contributed by atoms with Crippen molar-refractivity contribution in [2.24, 2.45) is 0 Å². The van der Waals surface area contributed by atoms with E-state index in [2.05, 4.69) is 51.3 Å². The SMILES string of the molecule is CN(CCC1=CC=C(N(C)C)NC1)CCN1c2ccccc2COc2ccc(F)cc21. The standard InChI is InChI=1S/C25H31FN4O/c1-28(2)25-11-8-19(17-27-25)12-13-29(3)14-15-30-22-7-5-4-6-20(22)18-31-24-10-9-21(26)16-23(24)30/h4-11,16,27H,12-15,17-18H2,1-3H3. The lowest BCUT2D eigenvalue weighted by Crippen LogP contribution is -2.33. The fraction of sp³-hybridized carbons (Fsp3) is 0.360. The maximum absolute atomic E-state index is 14.1. The number of dihydropyridines is 1. The second-order valence-electron chi connectivity index (χ2n) is 8.36. The minimum atomic E-state index is -0.248. The number of fused-ring (bicyclic) bond motifs is 2. The molecule has 4 rings (SSSR count). The summed E-state index contributed by atoms with van der Waals surface area (Å²) in [5.74, 6) is 1.62. The predicted octanol–water partition coefficient (Wildman–Crippen LogP) is 4.11. The molecule has 2 heterocycles. The Balaban J connectivity index is 1.43. The van der Waals surface area contributed by atoms with Gasteiger partial charge in [-0.15, -0.1) is 0 Å². The van der Waals surface area contributed by atoms with Gasteiger partial charge in [0.15, 0.2) is 0 Å². The molecule has 0 radical (unpaired) electrons. The lowest BCUT2D eigenvalue weighted by atomic mass is 10.1. The number of para-hydroxylation sites is 1. The zero-order chi connectivity index (χ0) is 21.8. The maximum Gasteiger partial charge on any atom is 0.143 e. The molecule has 2 aromatic carbocycles. The number of nitrogens with one attached hydrogen (secondary N) is 1. The number of hydrogen-bond acceptors (Lipinski definition) is 5. The molecule has 164 valence electrons. The zero-order valence-electron chi connectivity index (χ0n) is 18.6. The van der Waals surface area contributed by atoms with Crippen LogP contribution >= 0.6 is 0 Å². The normalized spacial score (nSPS) is 15.2. The van der Waals surface area contributed by atoms with Crippen LogP contribution in [0.15, 0.2) is 66.0 Å². The first-order valence-electron chi connectivity index (χ1n) is 10.8. The maximum atomic E-state index is 14.1. The largest absolute Gasteiger partial charge is 0.487 e. The third-order valence-electron chi connectivity index (χ3n) is 5.85. The van der Waals surface area contributed by atoms with Gasteiger partial charge in [-0.1, -0.05) is 24.3 Å². The van der Waals surface area contributed by atoms with Crippen LogP contribution in [-0.2, 0) is 6.61 Å². The molecule has 0 unspecified atom stereocenters. The van der Waals surface area contributed by atoms with Gasteiger partial charge in [-0.25, -0.2) is 4.39 Å². The van der Waals surface area contributed by atoms with Gasteiger partial charge in [0, 0.05) is 57.6 Å². The van der Waals surface area contributed by atoms with Gasteiger partial charge in [-0.05, 0) is 43.3 Å². The van der Waals surface area contributed by atoms with Crippen LogP contribution in [0.4, 0.5) is 15.8 Å². The number of anilines is 2. The van der Waals surface area contributed by atoms with Crippen molar-refractivity contribution < 1.29 is 9.13 Å². The van der Waals surface area contributed by atoms with E-state index in [-0.39, 0.29) is 5.82 Å². The van der Waals surface area contributed by atoms with E-state index < -0.39 is 0 Å². The predicted molar refractivity (Wildman–Crippen MR) is 124 cm³/mol. The second kappa shape index (κ2) is 9.43. The summed E-state index contributed by atoms with van der Waals surface area (Å²) in [6, 6.07) is 13.0. The van der Waals surface area contributed by atoms with Crippen LogP contribution in [0.25, 0.3) is 0 Å². The van der Waals surface area contributed by atoms with Crippen LogP contribution in [0.5, 0.6) is 5.75 Å². The van der Waals surface area contributed by atoms with Gasteiger partial charge in [-0.2, -0.15) is 0 Å². The molecule has 0 saturated carbocycles. The van der Waals surface area contributed by atoms with E-state index in [9.17, 15) is 4.39 Å². The lowest BCUT2D eigenvalue weighted by Gasteiger charge is -2.28. The Morgan fingerprint density at radius 2 is 1.87 bits per heavy atom. The summed E-state index contributed by atoms with van der Waals surface area (Å²) in [5.41, 5.74) is 4.39. The molecule has 2 aromatic rings. The summed E-state index contributed by atoms with van der Waals surface area (Å²) in [6.07, 6.45) is 5.38. The number of benzene rings is 2. The molecular weight excluding hydrogens is 391 g/mol. The van der Waals surface area contributed by atoms with Gasteiger partial charge in [0.05, 0.1) is 5.69 Å². The molecule has 6 heteroatoms. The molecule has 2 aliphatic heterocycles. The average molecular weight is 423 g/mol. The van der Waals surface area contributed by atoms with E-state index in [1.807, 2.05) is 26.2 Å². The first-order chi connectivity index (χ1) is 15.0. The van der Waals surface area contributed by atoms with Crippen LogP contribution in [0.1, 0.15) is 12.0 Å². The van der Waals surface area contributed by atoms with E-state index >= 15 is 0 Å². The van der Waals surface area contributed by atoms with Gasteiger partial charge in [-0.3, -0.25) is 0 Å². The van der Waals surface area contributed by atoms with Gasteiger partial charge in [0.2, 0.25) is 0 Å². The van der Waals surface area contributed by atoms with Crippen LogP contribution in [0.2, 0.25) is 0 Å². The van der Waals surface area contributed by atoms with Crippen LogP contribution in [-0.4, -0.2) is 57.1 Å². The highest BCUT2D eigenvalue weighted by atomic mass is 19.1. The molecule has 5 nitrogen and oxygen atoms in total. The molecule has 0 bridgehead atoms. The smallest absolute Gasteiger partial charge is 0.143 e. The Hall–Kier alpha value is -2.99. The highest BCUT2D eigenvalue weighted by Gasteiger charge is 2.22. The Kier molecular flexibility index (Phi) is 6.47. The summed E-state index contributed by atoms with van der Waals surface area (Å²) in [4.78, 5) is 6.60. The van der Waals surface area contributed by atoms with Gasteiger partial charge >= 0.3 is 0 Å². The molecule has 31 heavy (non-hydrogen) atoms. The van der Waals surface area contributed by atoms with Crippen molar-refractivity contribution in [1.82, 2.24) is 15.1 Å². The molecule has 0 aromatic heterocycles. The van der Waals surface area contributed by atoms with Crippen LogP contribution in [0.3, 0.4) is 0 Å². The fourth-order valence-electron chi connectivity index (χ4n) is 3.96. The van der Waals surface area contributed by atoms with E-state index in [1.165, 1.54) is 11.6 Å². The lowest BCUT2D eigenvalue weighted by molar-refractivity contribution is 0.310. The number of nitrogens with zero attached hydrogens (tertiary/aromatic N) is 3. The Morgan fingerprint density at radius 1 is 1.03 bits per heavy atom. The van der Waals surface area contributed by atoms with Crippen molar-refractivity contribution in [3.8, 4) is 5.75 Å². The first kappa shape index (κ1) is 21.2. The Morgan fingerprint density at radius 3 is 2.65 bits per heavy atom. The number of halogens is 1. The monoisotopic (exact) mass is 422 g/mol. The molecule has 0 atom stereocenters. The minimum absolute atomic E-state index is 0.248. The second-order valence-corrected chi connectivity index (χ2v) is 8.36. The number of hydrogen-bond donors (Lipinski definition) is 1. The highest BCUT2D eigenvalue weighted by Crippen LogP contribution is 2.39. The Labute approximate surface area is 184 Å². The minimum Gasteiger partial charge on any atom is -0.487 e. The van der Waals surface area contributed by atoms with Crippen molar-refractivity contribution in [2.75, 3.05) is 52.2 Å². The topological polar surface area (TPSA) is 31.0 Å². The number of ether oxygens (including phenoxy) is 1. The molecule has 0 spiro atoms. The van der Waals surface area contributed by atoms with Crippen molar-refractivity contribution in [3.05, 3.63) is 77.4 Å². The molecule has 1 N–H and O–H groups in total. The molecule has 0 fully saturated rings. The summed E-state index contributed by atoms with van der Waals surface area (Å²) < 4.78 is 20.0. The Bertz CT molecular complexity index is 985. The molecular formula is C25H31FN4O. The zero-order valence-corrected chi connectivity index (χ0v) is 18.6. The van der Waals surface area contributed by atoms with Crippen molar-refractivity contribution >= 4 is 11.4 Å². The summed E-state index contributed by atoms with van der Waals surface area (Å²) >= 11 is 0.